The topological polar surface area (TPSA) is 55.0 Å². The standard InChI is InChI=1S/C16H18N2O2S/c19-15(20-9-11-1-3-16(7-11)4-5-16)13-8-17-18-14(13)12-2-6-21-10-12/h2,6,8,10-11H,1,3-5,7,9H2,(H,17,18). The summed E-state index contributed by atoms with van der Waals surface area (Å²) in [5.41, 5.74) is 2.91. The minimum absolute atomic E-state index is 0.262. The van der Waals surface area contributed by atoms with Gasteiger partial charge in [0.05, 0.1) is 18.5 Å². The number of esters is 1. The Labute approximate surface area is 127 Å². The second-order valence-corrected chi connectivity index (χ2v) is 7.16. The van der Waals surface area contributed by atoms with Gasteiger partial charge in [-0.3, -0.25) is 5.10 Å². The van der Waals surface area contributed by atoms with Crippen molar-refractivity contribution in [2.24, 2.45) is 11.3 Å². The summed E-state index contributed by atoms with van der Waals surface area (Å²) in [5.74, 6) is 0.287. The molecule has 0 bridgehead atoms. The van der Waals surface area contributed by atoms with Crippen molar-refractivity contribution in [3.63, 3.8) is 0 Å². The Morgan fingerprint density at radius 3 is 3.10 bits per heavy atom. The van der Waals surface area contributed by atoms with Gasteiger partial charge in [-0.2, -0.15) is 16.4 Å². The van der Waals surface area contributed by atoms with E-state index in [4.69, 9.17) is 4.74 Å². The maximum atomic E-state index is 12.3. The van der Waals surface area contributed by atoms with Crippen molar-refractivity contribution in [1.29, 1.82) is 0 Å². The Kier molecular flexibility index (Phi) is 3.10. The van der Waals surface area contributed by atoms with E-state index in [1.807, 2.05) is 16.8 Å². The number of carbonyl (C=O) groups excluding carboxylic acids is 1. The molecule has 0 radical (unpaired) electrons. The van der Waals surface area contributed by atoms with Gasteiger partial charge in [0.1, 0.15) is 5.56 Å². The lowest BCUT2D eigenvalue weighted by Crippen LogP contribution is -2.13. The second kappa shape index (κ2) is 4.98. The van der Waals surface area contributed by atoms with E-state index in [1.165, 1.54) is 32.1 Å². The van der Waals surface area contributed by atoms with Crippen molar-refractivity contribution in [2.75, 3.05) is 6.61 Å². The van der Waals surface area contributed by atoms with E-state index in [0.29, 0.717) is 23.5 Å². The summed E-state index contributed by atoms with van der Waals surface area (Å²) in [7, 11) is 0. The van der Waals surface area contributed by atoms with Crippen molar-refractivity contribution in [1.82, 2.24) is 10.2 Å². The molecule has 1 N–H and O–H groups in total. The van der Waals surface area contributed by atoms with Gasteiger partial charge in [-0.25, -0.2) is 4.79 Å². The van der Waals surface area contributed by atoms with Crippen LogP contribution in [0.4, 0.5) is 0 Å². The summed E-state index contributed by atoms with van der Waals surface area (Å²) in [6.07, 6.45) is 8.08. The van der Waals surface area contributed by atoms with Crippen molar-refractivity contribution in [3.05, 3.63) is 28.6 Å². The van der Waals surface area contributed by atoms with Crippen LogP contribution in [-0.2, 0) is 4.74 Å². The van der Waals surface area contributed by atoms with Crippen LogP contribution in [0, 0.1) is 11.3 Å². The van der Waals surface area contributed by atoms with Crippen LogP contribution in [0.25, 0.3) is 11.3 Å². The monoisotopic (exact) mass is 302 g/mol. The molecule has 1 unspecified atom stereocenters. The summed E-state index contributed by atoms with van der Waals surface area (Å²) in [5, 5.41) is 10.9. The number of thiophene rings is 1. The molecule has 1 atom stereocenters. The van der Waals surface area contributed by atoms with Gasteiger partial charge in [0.25, 0.3) is 0 Å². The Balaban J connectivity index is 1.40. The summed E-state index contributed by atoms with van der Waals surface area (Å²) in [6, 6.07) is 1.97. The zero-order valence-electron chi connectivity index (χ0n) is 11.8. The molecule has 0 amide bonds. The Hall–Kier alpha value is -1.62. The quantitative estimate of drug-likeness (QED) is 0.872. The highest BCUT2D eigenvalue weighted by atomic mass is 32.1. The molecule has 0 saturated heterocycles. The van der Waals surface area contributed by atoms with Gasteiger partial charge in [-0.05, 0) is 54.9 Å². The van der Waals surface area contributed by atoms with Crippen LogP contribution >= 0.6 is 11.3 Å². The summed E-state index contributed by atoms with van der Waals surface area (Å²) < 4.78 is 5.53. The number of rotatable bonds is 4. The van der Waals surface area contributed by atoms with Gasteiger partial charge < -0.3 is 4.74 Å². The Morgan fingerprint density at radius 1 is 1.48 bits per heavy atom. The van der Waals surface area contributed by atoms with Crippen LogP contribution < -0.4 is 0 Å². The molecule has 110 valence electrons. The van der Waals surface area contributed by atoms with E-state index in [-0.39, 0.29) is 5.97 Å². The number of nitrogens with one attached hydrogen (secondary N) is 1. The largest absolute Gasteiger partial charge is 0.462 e. The minimum Gasteiger partial charge on any atom is -0.462 e. The number of H-pyrrole nitrogens is 1. The number of ether oxygens (including phenoxy) is 1. The van der Waals surface area contributed by atoms with E-state index in [2.05, 4.69) is 10.2 Å². The predicted octanol–water partition coefficient (Wildman–Crippen LogP) is 3.88. The third kappa shape index (κ3) is 2.50. The third-order valence-electron chi connectivity index (χ3n) is 4.88. The molecule has 4 rings (SSSR count). The highest BCUT2D eigenvalue weighted by Crippen LogP contribution is 2.59. The maximum absolute atomic E-state index is 12.3. The highest BCUT2D eigenvalue weighted by Gasteiger charge is 2.48. The normalized spacial score (nSPS) is 22.6. The zero-order chi connectivity index (χ0) is 14.3. The van der Waals surface area contributed by atoms with Crippen molar-refractivity contribution in [3.8, 4) is 11.3 Å². The fourth-order valence-electron chi connectivity index (χ4n) is 3.44. The van der Waals surface area contributed by atoms with Gasteiger partial charge in [0, 0.05) is 10.9 Å². The lowest BCUT2D eigenvalue weighted by Gasteiger charge is -2.11. The first kappa shape index (κ1) is 13.1. The maximum Gasteiger partial charge on any atom is 0.341 e. The molecule has 2 fully saturated rings. The fraction of sp³-hybridized carbons (Fsp3) is 0.500. The molecule has 2 aromatic rings. The number of carbonyl (C=O) groups is 1. The van der Waals surface area contributed by atoms with E-state index in [1.54, 1.807) is 17.5 Å². The lowest BCUT2D eigenvalue weighted by molar-refractivity contribution is 0.0440. The van der Waals surface area contributed by atoms with E-state index in [0.717, 1.165) is 11.3 Å². The van der Waals surface area contributed by atoms with Crippen molar-refractivity contribution >= 4 is 17.3 Å². The Bertz CT molecular complexity index is 643. The van der Waals surface area contributed by atoms with Crippen LogP contribution in [0.3, 0.4) is 0 Å². The van der Waals surface area contributed by atoms with E-state index in [9.17, 15) is 4.79 Å². The molecule has 21 heavy (non-hydrogen) atoms. The van der Waals surface area contributed by atoms with Crippen molar-refractivity contribution < 1.29 is 9.53 Å². The average molecular weight is 302 g/mol. The van der Waals surface area contributed by atoms with E-state index >= 15 is 0 Å². The summed E-state index contributed by atoms with van der Waals surface area (Å²) >= 11 is 1.60. The molecule has 0 aliphatic heterocycles. The molecule has 5 heteroatoms. The Morgan fingerprint density at radius 2 is 2.38 bits per heavy atom. The molecule has 1 spiro atoms. The van der Waals surface area contributed by atoms with E-state index < -0.39 is 0 Å². The number of nitrogens with zero attached hydrogens (tertiary/aromatic N) is 1. The first-order valence-electron chi connectivity index (χ1n) is 7.49. The third-order valence-corrected chi connectivity index (χ3v) is 5.56. The molecule has 4 nitrogen and oxygen atoms in total. The highest BCUT2D eigenvalue weighted by molar-refractivity contribution is 7.08. The smallest absolute Gasteiger partial charge is 0.341 e. The molecule has 2 heterocycles. The van der Waals surface area contributed by atoms with Crippen LogP contribution in [0.2, 0.25) is 0 Å². The molecular formula is C16H18N2O2S. The number of aromatic amines is 1. The van der Waals surface area contributed by atoms with Crippen LogP contribution in [0.1, 0.15) is 42.5 Å². The lowest BCUT2D eigenvalue weighted by atomic mass is 10.0. The first-order chi connectivity index (χ1) is 10.3. The molecule has 2 aromatic heterocycles. The molecule has 0 aromatic carbocycles. The second-order valence-electron chi connectivity index (χ2n) is 6.38. The molecule has 2 saturated carbocycles. The molecular weight excluding hydrogens is 284 g/mol. The average Bonchev–Trinajstić information content (AvgIpc) is 2.97. The minimum atomic E-state index is -0.262. The molecule has 2 aliphatic rings. The van der Waals surface area contributed by atoms with Gasteiger partial charge in [0.2, 0.25) is 0 Å². The summed E-state index contributed by atoms with van der Waals surface area (Å²) in [4.78, 5) is 12.3. The van der Waals surface area contributed by atoms with Crippen molar-refractivity contribution in [2.45, 2.75) is 32.1 Å². The number of aromatic nitrogens is 2. The van der Waals surface area contributed by atoms with Crippen LogP contribution in [0.15, 0.2) is 23.0 Å². The number of hydrogen-bond donors (Lipinski definition) is 1. The first-order valence-corrected chi connectivity index (χ1v) is 8.43. The predicted molar refractivity (Wildman–Crippen MR) is 81.2 cm³/mol. The van der Waals surface area contributed by atoms with Gasteiger partial charge >= 0.3 is 5.97 Å². The fourth-order valence-corrected chi connectivity index (χ4v) is 4.09. The molecule has 2 aliphatic carbocycles. The van der Waals surface area contributed by atoms with Gasteiger partial charge in [-0.1, -0.05) is 0 Å². The van der Waals surface area contributed by atoms with Crippen LogP contribution in [0.5, 0.6) is 0 Å². The number of hydrogen-bond acceptors (Lipinski definition) is 4. The zero-order valence-corrected chi connectivity index (χ0v) is 12.6. The van der Waals surface area contributed by atoms with Gasteiger partial charge in [-0.15, -0.1) is 0 Å². The summed E-state index contributed by atoms with van der Waals surface area (Å²) in [6.45, 7) is 0.550. The SMILES string of the molecule is O=C(OCC1CCC2(CC2)C1)c1cn[nH]c1-c1ccsc1. The van der Waals surface area contributed by atoms with Crippen LogP contribution in [-0.4, -0.2) is 22.8 Å². The van der Waals surface area contributed by atoms with Gasteiger partial charge in [0.15, 0.2) is 0 Å².